The number of aromatic nitrogens is 1. The molecule has 0 unspecified atom stereocenters. The molecule has 0 radical (unpaired) electrons. The number of hydrogen-bond acceptors (Lipinski definition) is 3. The van der Waals surface area contributed by atoms with E-state index < -0.39 is 0 Å². The van der Waals surface area contributed by atoms with Gasteiger partial charge in [0, 0.05) is 12.4 Å². The van der Waals surface area contributed by atoms with Gasteiger partial charge in [-0.1, -0.05) is 0 Å². The van der Waals surface area contributed by atoms with Crippen LogP contribution >= 0.6 is 12.4 Å². The van der Waals surface area contributed by atoms with Crippen molar-refractivity contribution in [2.75, 3.05) is 0 Å². The van der Waals surface area contributed by atoms with E-state index in [0.29, 0.717) is 0 Å². The van der Waals surface area contributed by atoms with Gasteiger partial charge in [0.1, 0.15) is 0 Å². The Hall–Kier alpha value is -1.48. The minimum absolute atomic E-state index is 0. The van der Waals surface area contributed by atoms with Gasteiger partial charge >= 0.3 is 0 Å². The Morgan fingerprint density at radius 3 is 2.00 bits per heavy atom. The van der Waals surface area contributed by atoms with Gasteiger partial charge in [0.05, 0.1) is 5.57 Å². The first-order valence-electron chi connectivity index (χ1n) is 4.25. The number of Topliss-reactive ketones (excluding diaryl/α,β-unsaturated/α-hetero) is 2. The van der Waals surface area contributed by atoms with Gasteiger partial charge in [-0.3, -0.25) is 14.6 Å². The molecule has 0 aliphatic heterocycles. The molecule has 80 valence electrons. The average molecular weight is 226 g/mol. The van der Waals surface area contributed by atoms with Crippen molar-refractivity contribution in [2.24, 2.45) is 0 Å². The van der Waals surface area contributed by atoms with Crippen molar-refractivity contribution in [3.05, 3.63) is 35.7 Å². The van der Waals surface area contributed by atoms with Crippen LogP contribution < -0.4 is 0 Å². The second-order valence-corrected chi connectivity index (χ2v) is 2.95. The lowest BCUT2D eigenvalue weighted by Gasteiger charge is -1.97. The molecule has 0 aliphatic carbocycles. The van der Waals surface area contributed by atoms with Crippen molar-refractivity contribution in [3.8, 4) is 0 Å². The van der Waals surface area contributed by atoms with Gasteiger partial charge in [-0.15, -0.1) is 12.4 Å². The molecule has 0 saturated heterocycles. The molecule has 1 rings (SSSR count). The molecule has 1 heterocycles. The summed E-state index contributed by atoms with van der Waals surface area (Å²) in [6.45, 7) is 2.77. The predicted molar refractivity (Wildman–Crippen MR) is 60.8 cm³/mol. The maximum Gasteiger partial charge on any atom is 0.163 e. The first-order valence-corrected chi connectivity index (χ1v) is 4.25. The van der Waals surface area contributed by atoms with Gasteiger partial charge in [0.2, 0.25) is 0 Å². The minimum Gasteiger partial charge on any atom is -0.294 e. The molecule has 0 amide bonds. The molecule has 0 N–H and O–H groups in total. The van der Waals surface area contributed by atoms with Crippen molar-refractivity contribution in [2.45, 2.75) is 13.8 Å². The monoisotopic (exact) mass is 225 g/mol. The van der Waals surface area contributed by atoms with Crippen molar-refractivity contribution in [1.82, 2.24) is 4.98 Å². The summed E-state index contributed by atoms with van der Waals surface area (Å²) >= 11 is 0. The van der Waals surface area contributed by atoms with Gasteiger partial charge < -0.3 is 0 Å². The third kappa shape index (κ3) is 4.04. The summed E-state index contributed by atoms with van der Waals surface area (Å²) in [5.41, 5.74) is 1.02. The highest BCUT2D eigenvalue weighted by atomic mass is 35.5. The van der Waals surface area contributed by atoms with E-state index >= 15 is 0 Å². The highest BCUT2D eigenvalue weighted by molar-refractivity contribution is 6.21. The number of carbonyl (C=O) groups is 2. The average Bonchev–Trinajstić information content (AvgIpc) is 2.15. The van der Waals surface area contributed by atoms with Crippen LogP contribution in [-0.2, 0) is 9.59 Å². The number of ketones is 2. The van der Waals surface area contributed by atoms with Crippen molar-refractivity contribution < 1.29 is 9.59 Å². The summed E-state index contributed by atoms with van der Waals surface area (Å²) in [4.78, 5) is 26.0. The maximum absolute atomic E-state index is 11.1. The summed E-state index contributed by atoms with van der Waals surface area (Å²) in [6, 6.07) is 3.48. The highest BCUT2D eigenvalue weighted by Gasteiger charge is 2.08. The molecule has 0 bridgehead atoms. The maximum atomic E-state index is 11.1. The molecule has 0 aliphatic rings. The Morgan fingerprint density at radius 1 is 1.13 bits per heavy atom. The fourth-order valence-corrected chi connectivity index (χ4v) is 1.08. The van der Waals surface area contributed by atoms with E-state index in [2.05, 4.69) is 4.98 Å². The highest BCUT2D eigenvalue weighted by Crippen LogP contribution is 2.07. The van der Waals surface area contributed by atoms with Gasteiger partial charge in [0.15, 0.2) is 11.6 Å². The Kier molecular flexibility index (Phi) is 5.49. The summed E-state index contributed by atoms with van der Waals surface area (Å²) < 4.78 is 0. The first kappa shape index (κ1) is 13.5. The molecular weight excluding hydrogens is 214 g/mol. The third-order valence-corrected chi connectivity index (χ3v) is 1.78. The quantitative estimate of drug-likeness (QED) is 0.450. The largest absolute Gasteiger partial charge is 0.294 e. The molecule has 4 heteroatoms. The Morgan fingerprint density at radius 2 is 1.60 bits per heavy atom. The van der Waals surface area contributed by atoms with Gasteiger partial charge in [0.25, 0.3) is 0 Å². The zero-order chi connectivity index (χ0) is 10.6. The zero-order valence-corrected chi connectivity index (χ0v) is 9.38. The smallest absolute Gasteiger partial charge is 0.163 e. The van der Waals surface area contributed by atoms with Crippen LogP contribution in [0.5, 0.6) is 0 Å². The molecule has 15 heavy (non-hydrogen) atoms. The normalized spacial score (nSPS) is 8.67. The van der Waals surface area contributed by atoms with E-state index in [0.717, 1.165) is 5.56 Å². The van der Waals surface area contributed by atoms with Crippen LogP contribution in [0.3, 0.4) is 0 Å². The summed E-state index contributed by atoms with van der Waals surface area (Å²) in [6.07, 6.45) is 4.81. The lowest BCUT2D eigenvalue weighted by molar-refractivity contribution is -0.119. The zero-order valence-electron chi connectivity index (χ0n) is 8.56. The van der Waals surface area contributed by atoms with Crippen LogP contribution in [0.2, 0.25) is 0 Å². The van der Waals surface area contributed by atoms with Crippen LogP contribution in [-0.4, -0.2) is 16.6 Å². The lowest BCUT2D eigenvalue weighted by atomic mass is 10.1. The number of nitrogens with zero attached hydrogens (tertiary/aromatic N) is 1. The molecule has 1 aromatic heterocycles. The van der Waals surface area contributed by atoms with Crippen LogP contribution in [0.25, 0.3) is 6.08 Å². The Labute approximate surface area is 94.6 Å². The fourth-order valence-electron chi connectivity index (χ4n) is 1.08. The molecule has 1 aromatic rings. The van der Waals surface area contributed by atoms with E-state index in [4.69, 9.17) is 0 Å². The molecule has 0 spiro atoms. The van der Waals surface area contributed by atoms with E-state index in [1.165, 1.54) is 13.8 Å². The summed E-state index contributed by atoms with van der Waals surface area (Å²) in [5.74, 6) is -0.427. The number of rotatable bonds is 3. The van der Waals surface area contributed by atoms with Crippen LogP contribution in [0.4, 0.5) is 0 Å². The van der Waals surface area contributed by atoms with E-state index in [1.54, 1.807) is 30.6 Å². The van der Waals surface area contributed by atoms with Gasteiger partial charge in [-0.25, -0.2) is 0 Å². The SMILES string of the molecule is CC(=O)C(=Cc1ccncc1)C(C)=O.Cl. The van der Waals surface area contributed by atoms with Crippen LogP contribution in [0.15, 0.2) is 30.1 Å². The molecule has 0 saturated carbocycles. The Balaban J connectivity index is 0.00000196. The topological polar surface area (TPSA) is 47.0 Å². The molecule has 0 atom stereocenters. The molecular formula is C11H12ClNO2. The van der Waals surface area contributed by atoms with E-state index in [9.17, 15) is 9.59 Å². The van der Waals surface area contributed by atoms with Crippen molar-refractivity contribution >= 4 is 30.0 Å². The minimum atomic E-state index is -0.214. The number of halogens is 1. The second-order valence-electron chi connectivity index (χ2n) is 2.95. The molecule has 3 nitrogen and oxygen atoms in total. The van der Waals surface area contributed by atoms with E-state index in [-0.39, 0.29) is 29.5 Å². The van der Waals surface area contributed by atoms with E-state index in [1.807, 2.05) is 0 Å². The molecule has 0 fully saturated rings. The third-order valence-electron chi connectivity index (χ3n) is 1.78. The van der Waals surface area contributed by atoms with Crippen LogP contribution in [0.1, 0.15) is 19.4 Å². The molecule has 0 aromatic carbocycles. The lowest BCUT2D eigenvalue weighted by Crippen LogP contribution is -2.05. The number of pyridine rings is 1. The van der Waals surface area contributed by atoms with Crippen LogP contribution in [0, 0.1) is 0 Å². The number of hydrogen-bond donors (Lipinski definition) is 0. The summed E-state index contributed by atoms with van der Waals surface area (Å²) in [5, 5.41) is 0. The van der Waals surface area contributed by atoms with Crippen molar-refractivity contribution in [3.63, 3.8) is 0 Å². The van der Waals surface area contributed by atoms with Gasteiger partial charge in [-0.05, 0) is 37.6 Å². The van der Waals surface area contributed by atoms with Gasteiger partial charge in [-0.2, -0.15) is 0 Å². The standard InChI is InChI=1S/C11H11NO2.ClH/c1-8(13)11(9(2)14)7-10-3-5-12-6-4-10;/h3-7H,1-2H3;1H. The Bertz CT molecular complexity index is 369. The summed E-state index contributed by atoms with van der Waals surface area (Å²) in [7, 11) is 0. The fraction of sp³-hybridized carbons (Fsp3) is 0.182. The number of carbonyl (C=O) groups excluding carboxylic acids is 2. The second kappa shape index (κ2) is 6.09. The predicted octanol–water partition coefficient (Wildman–Crippen LogP) is 2.06. The number of allylic oxidation sites excluding steroid dienone is 1. The van der Waals surface area contributed by atoms with Crippen molar-refractivity contribution in [1.29, 1.82) is 0 Å². The first-order chi connectivity index (χ1) is 6.61.